The number of nitrogens with zero attached hydrogens (tertiary/aromatic N) is 3. The van der Waals surface area contributed by atoms with E-state index in [0.717, 1.165) is 63.6 Å². The Morgan fingerprint density at radius 1 is 1.07 bits per heavy atom. The summed E-state index contributed by atoms with van der Waals surface area (Å²) in [6.45, 7) is 7.24. The highest BCUT2D eigenvalue weighted by atomic mass is 16.5. The molecule has 2 fully saturated rings. The van der Waals surface area contributed by atoms with Gasteiger partial charge in [0.15, 0.2) is 0 Å². The maximum Gasteiger partial charge on any atom is 0.219 e. The molecule has 0 spiro atoms. The minimum Gasteiger partial charge on any atom is -0.493 e. The maximum atomic E-state index is 11.7. The lowest BCUT2D eigenvalue weighted by atomic mass is 9.78. The van der Waals surface area contributed by atoms with Crippen LogP contribution in [0.4, 0.5) is 0 Å². The molecule has 2 aromatic rings. The van der Waals surface area contributed by atoms with E-state index >= 15 is 0 Å². The Bertz CT molecular complexity index is 775. The van der Waals surface area contributed by atoms with Crippen molar-refractivity contribution in [3.63, 3.8) is 0 Å². The van der Waals surface area contributed by atoms with E-state index in [4.69, 9.17) is 4.74 Å². The van der Waals surface area contributed by atoms with E-state index in [9.17, 15) is 4.79 Å². The number of carbonyl (C=O) groups excluding carboxylic acids is 1. The van der Waals surface area contributed by atoms with E-state index < -0.39 is 0 Å². The van der Waals surface area contributed by atoms with Crippen LogP contribution < -0.4 is 4.74 Å². The molecule has 1 aromatic carbocycles. The average Bonchev–Trinajstić information content (AvgIpc) is 3.16. The first-order valence-electron chi connectivity index (χ1n) is 10.7. The standard InChI is InChI=1S/C24H31N3O2/c1-19(28)27-13-10-20(11-14-27)24-17-26(16-22-7-5-6-12-25-22)15-21(24)18-29-23-8-3-2-4-9-23/h2-9,12,20-21,24H,10-11,13-18H2,1H3/t21-,24-/m0/s1. The third kappa shape index (κ3) is 5.15. The Balaban J connectivity index is 1.41. The summed E-state index contributed by atoms with van der Waals surface area (Å²) < 4.78 is 6.16. The second-order valence-electron chi connectivity index (χ2n) is 8.41. The third-order valence-corrected chi connectivity index (χ3v) is 6.48. The van der Waals surface area contributed by atoms with Crippen molar-refractivity contribution < 1.29 is 9.53 Å². The van der Waals surface area contributed by atoms with Crippen molar-refractivity contribution in [2.75, 3.05) is 32.8 Å². The first-order valence-corrected chi connectivity index (χ1v) is 10.7. The average molecular weight is 394 g/mol. The minimum atomic E-state index is 0.204. The molecule has 0 unspecified atom stereocenters. The van der Waals surface area contributed by atoms with E-state index in [1.54, 1.807) is 6.92 Å². The largest absolute Gasteiger partial charge is 0.493 e. The lowest BCUT2D eigenvalue weighted by molar-refractivity contribution is -0.130. The summed E-state index contributed by atoms with van der Waals surface area (Å²) in [6, 6.07) is 16.2. The molecule has 4 rings (SSSR count). The Labute approximate surface area is 173 Å². The molecule has 0 saturated carbocycles. The zero-order chi connectivity index (χ0) is 20.1. The Morgan fingerprint density at radius 3 is 2.52 bits per heavy atom. The number of ether oxygens (including phenoxy) is 1. The number of piperidine rings is 1. The molecule has 154 valence electrons. The van der Waals surface area contributed by atoms with Crippen LogP contribution in [0.25, 0.3) is 0 Å². The van der Waals surface area contributed by atoms with Crippen molar-refractivity contribution >= 4 is 5.91 Å². The second kappa shape index (κ2) is 9.40. The van der Waals surface area contributed by atoms with Gasteiger partial charge in [-0.15, -0.1) is 0 Å². The van der Waals surface area contributed by atoms with E-state index in [1.807, 2.05) is 47.5 Å². The zero-order valence-electron chi connectivity index (χ0n) is 17.2. The number of pyridine rings is 1. The number of hydrogen-bond donors (Lipinski definition) is 0. The normalized spacial score (nSPS) is 23.3. The van der Waals surface area contributed by atoms with E-state index in [0.29, 0.717) is 17.8 Å². The lowest BCUT2D eigenvalue weighted by Crippen LogP contribution is -2.40. The summed E-state index contributed by atoms with van der Waals surface area (Å²) in [5.74, 6) is 2.92. The van der Waals surface area contributed by atoms with Gasteiger partial charge in [-0.3, -0.25) is 14.7 Å². The quantitative estimate of drug-likeness (QED) is 0.754. The van der Waals surface area contributed by atoms with Gasteiger partial charge in [-0.2, -0.15) is 0 Å². The van der Waals surface area contributed by atoms with Crippen molar-refractivity contribution in [1.82, 2.24) is 14.8 Å². The molecule has 0 bridgehead atoms. The molecule has 2 aliphatic rings. The topological polar surface area (TPSA) is 45.7 Å². The number of amides is 1. The monoisotopic (exact) mass is 393 g/mol. The number of benzene rings is 1. The maximum absolute atomic E-state index is 11.7. The van der Waals surface area contributed by atoms with Gasteiger partial charge in [-0.1, -0.05) is 24.3 Å². The molecule has 3 heterocycles. The van der Waals surface area contributed by atoms with Gasteiger partial charge < -0.3 is 9.64 Å². The smallest absolute Gasteiger partial charge is 0.219 e. The number of para-hydroxylation sites is 1. The molecule has 5 heteroatoms. The van der Waals surface area contributed by atoms with Crippen molar-refractivity contribution in [3.05, 3.63) is 60.4 Å². The molecule has 1 amide bonds. The van der Waals surface area contributed by atoms with Gasteiger partial charge in [-0.25, -0.2) is 0 Å². The number of aromatic nitrogens is 1. The summed E-state index contributed by atoms with van der Waals surface area (Å²) in [5.41, 5.74) is 1.13. The minimum absolute atomic E-state index is 0.204. The molecule has 2 aliphatic heterocycles. The number of carbonyl (C=O) groups is 1. The van der Waals surface area contributed by atoms with Crippen LogP contribution in [0, 0.1) is 17.8 Å². The molecule has 0 N–H and O–H groups in total. The predicted octanol–water partition coefficient (Wildman–Crippen LogP) is 3.47. The SMILES string of the molecule is CC(=O)N1CCC([C@@H]2CN(Cc3ccccn3)C[C@H]2COc2ccccc2)CC1. The second-order valence-corrected chi connectivity index (χ2v) is 8.41. The van der Waals surface area contributed by atoms with Gasteiger partial charge in [0, 0.05) is 51.8 Å². The number of rotatable bonds is 6. The highest BCUT2D eigenvalue weighted by molar-refractivity contribution is 5.73. The van der Waals surface area contributed by atoms with Crippen LogP contribution >= 0.6 is 0 Å². The zero-order valence-corrected chi connectivity index (χ0v) is 17.2. The van der Waals surface area contributed by atoms with Crippen LogP contribution in [0.15, 0.2) is 54.7 Å². The van der Waals surface area contributed by atoms with Gasteiger partial charge in [0.25, 0.3) is 0 Å². The molecular weight excluding hydrogens is 362 g/mol. The van der Waals surface area contributed by atoms with Crippen LogP contribution in [0.1, 0.15) is 25.5 Å². The van der Waals surface area contributed by atoms with Crippen LogP contribution in [-0.4, -0.2) is 53.5 Å². The molecular formula is C24H31N3O2. The van der Waals surface area contributed by atoms with Crippen molar-refractivity contribution in [2.24, 2.45) is 17.8 Å². The highest BCUT2D eigenvalue weighted by Crippen LogP contribution is 2.36. The fraction of sp³-hybridized carbons (Fsp3) is 0.500. The van der Waals surface area contributed by atoms with Gasteiger partial charge >= 0.3 is 0 Å². The molecule has 0 radical (unpaired) electrons. The van der Waals surface area contributed by atoms with Crippen LogP contribution in [0.5, 0.6) is 5.75 Å². The predicted molar refractivity (Wildman–Crippen MR) is 113 cm³/mol. The summed E-state index contributed by atoms with van der Waals surface area (Å²) in [5, 5.41) is 0. The number of hydrogen-bond acceptors (Lipinski definition) is 4. The van der Waals surface area contributed by atoms with Gasteiger partial charge in [0.2, 0.25) is 5.91 Å². The molecule has 29 heavy (non-hydrogen) atoms. The van der Waals surface area contributed by atoms with Crippen LogP contribution in [-0.2, 0) is 11.3 Å². The van der Waals surface area contributed by atoms with Crippen LogP contribution in [0.3, 0.4) is 0 Å². The summed E-state index contributed by atoms with van der Waals surface area (Å²) in [4.78, 5) is 20.7. The van der Waals surface area contributed by atoms with Crippen molar-refractivity contribution in [3.8, 4) is 5.75 Å². The Hall–Kier alpha value is -2.40. The summed E-state index contributed by atoms with van der Waals surface area (Å²) in [6.07, 6.45) is 4.07. The molecule has 1 aromatic heterocycles. The number of likely N-dealkylation sites (tertiary alicyclic amines) is 2. The van der Waals surface area contributed by atoms with E-state index in [-0.39, 0.29) is 5.91 Å². The van der Waals surface area contributed by atoms with Crippen LogP contribution in [0.2, 0.25) is 0 Å². The molecule has 5 nitrogen and oxygen atoms in total. The highest BCUT2D eigenvalue weighted by Gasteiger charge is 2.39. The van der Waals surface area contributed by atoms with Gasteiger partial charge in [0.1, 0.15) is 5.75 Å². The van der Waals surface area contributed by atoms with Crippen molar-refractivity contribution in [1.29, 1.82) is 0 Å². The van der Waals surface area contributed by atoms with Gasteiger partial charge in [-0.05, 0) is 48.9 Å². The fourth-order valence-electron chi connectivity index (χ4n) is 4.91. The fourth-order valence-corrected chi connectivity index (χ4v) is 4.91. The van der Waals surface area contributed by atoms with Gasteiger partial charge in [0.05, 0.1) is 12.3 Å². The van der Waals surface area contributed by atoms with E-state index in [1.165, 1.54) is 0 Å². The third-order valence-electron chi connectivity index (χ3n) is 6.48. The Morgan fingerprint density at radius 2 is 1.83 bits per heavy atom. The van der Waals surface area contributed by atoms with E-state index in [2.05, 4.69) is 22.0 Å². The summed E-state index contributed by atoms with van der Waals surface area (Å²) >= 11 is 0. The van der Waals surface area contributed by atoms with Crippen molar-refractivity contribution in [2.45, 2.75) is 26.3 Å². The summed E-state index contributed by atoms with van der Waals surface area (Å²) in [7, 11) is 0. The first kappa shape index (κ1) is 19.9. The molecule has 2 saturated heterocycles. The lowest BCUT2D eigenvalue weighted by Gasteiger charge is -2.36. The molecule has 2 atom stereocenters. The Kier molecular flexibility index (Phi) is 6.45. The first-order chi connectivity index (χ1) is 14.2. The molecule has 0 aliphatic carbocycles.